The van der Waals surface area contributed by atoms with Crippen LogP contribution < -0.4 is 5.32 Å². The van der Waals surface area contributed by atoms with Crippen LogP contribution >= 0.6 is 0 Å². The summed E-state index contributed by atoms with van der Waals surface area (Å²) in [6.45, 7) is 4.70. The van der Waals surface area contributed by atoms with E-state index in [1.165, 1.54) is 12.7 Å². The Labute approximate surface area is 136 Å². The number of methoxy groups -OCH3 is 1. The van der Waals surface area contributed by atoms with E-state index in [-0.39, 0.29) is 11.9 Å². The second kappa shape index (κ2) is 7.81. The number of fused-ring (bicyclic) bond motifs is 1. The largest absolute Gasteiger partial charge is 0.469 e. The highest BCUT2D eigenvalue weighted by molar-refractivity contribution is 5.98. The third-order valence-corrected chi connectivity index (χ3v) is 3.90. The highest BCUT2D eigenvalue weighted by atomic mass is 16.5. The molecule has 1 heterocycles. The van der Waals surface area contributed by atoms with Crippen LogP contribution in [0.5, 0.6) is 0 Å². The van der Waals surface area contributed by atoms with E-state index in [0.717, 1.165) is 35.7 Å². The maximum atomic E-state index is 12.2. The number of aromatic nitrogens is 1. The van der Waals surface area contributed by atoms with Crippen LogP contribution in [0.4, 0.5) is 0 Å². The topological polar surface area (TPSA) is 71.2 Å². The van der Waals surface area contributed by atoms with Gasteiger partial charge in [0.2, 0.25) is 0 Å². The molecule has 1 aromatic heterocycles. The van der Waals surface area contributed by atoms with Gasteiger partial charge < -0.3 is 15.0 Å². The highest BCUT2D eigenvalue weighted by Gasteiger charge is 2.10. The van der Waals surface area contributed by atoms with E-state index in [1.807, 2.05) is 26.0 Å². The molecule has 2 aromatic rings. The maximum Gasteiger partial charge on any atom is 0.305 e. The van der Waals surface area contributed by atoms with Gasteiger partial charge in [0.25, 0.3) is 5.91 Å². The second-order valence-electron chi connectivity index (χ2n) is 5.87. The molecular weight excluding hydrogens is 292 g/mol. The number of nitrogens with one attached hydrogen (secondary N) is 2. The standard InChI is InChI=1S/C18H24N2O3/c1-12-9-13(2)14-11-16(20-15(14)10-12)18(22)19-8-6-4-5-7-17(21)23-3/h9-11,20H,4-8H2,1-3H3,(H,19,22). The Morgan fingerprint density at radius 1 is 1.13 bits per heavy atom. The molecule has 0 atom stereocenters. The molecule has 23 heavy (non-hydrogen) atoms. The van der Waals surface area contributed by atoms with Gasteiger partial charge in [0.1, 0.15) is 5.69 Å². The number of rotatable bonds is 7. The lowest BCUT2D eigenvalue weighted by Gasteiger charge is -2.03. The number of H-pyrrole nitrogens is 1. The molecule has 0 fully saturated rings. The molecule has 0 aliphatic carbocycles. The average Bonchev–Trinajstić information content (AvgIpc) is 2.94. The number of ether oxygens (including phenoxy) is 1. The van der Waals surface area contributed by atoms with Gasteiger partial charge in [0.05, 0.1) is 7.11 Å². The highest BCUT2D eigenvalue weighted by Crippen LogP contribution is 2.21. The minimum absolute atomic E-state index is 0.0915. The van der Waals surface area contributed by atoms with E-state index < -0.39 is 0 Å². The molecule has 5 heteroatoms. The fourth-order valence-corrected chi connectivity index (χ4v) is 2.69. The van der Waals surface area contributed by atoms with Crippen molar-refractivity contribution in [2.24, 2.45) is 0 Å². The molecule has 2 N–H and O–H groups in total. The van der Waals surface area contributed by atoms with Crippen molar-refractivity contribution < 1.29 is 14.3 Å². The molecule has 124 valence electrons. The second-order valence-corrected chi connectivity index (χ2v) is 5.87. The number of unbranched alkanes of at least 4 members (excludes halogenated alkanes) is 2. The summed E-state index contributed by atoms with van der Waals surface area (Å²) in [5.41, 5.74) is 3.92. The van der Waals surface area contributed by atoms with Crippen LogP contribution in [0.25, 0.3) is 10.9 Å². The zero-order valence-corrected chi connectivity index (χ0v) is 14.0. The lowest BCUT2D eigenvalue weighted by Crippen LogP contribution is -2.24. The molecule has 0 bridgehead atoms. The van der Waals surface area contributed by atoms with Gasteiger partial charge in [-0.25, -0.2) is 0 Å². The molecule has 1 amide bonds. The van der Waals surface area contributed by atoms with Crippen LogP contribution in [-0.4, -0.2) is 30.5 Å². The van der Waals surface area contributed by atoms with Crippen molar-refractivity contribution in [1.29, 1.82) is 0 Å². The van der Waals surface area contributed by atoms with Crippen molar-refractivity contribution in [3.8, 4) is 0 Å². The van der Waals surface area contributed by atoms with E-state index in [1.54, 1.807) is 0 Å². The van der Waals surface area contributed by atoms with Gasteiger partial charge in [-0.05, 0) is 49.9 Å². The first-order valence-electron chi connectivity index (χ1n) is 7.96. The van der Waals surface area contributed by atoms with Crippen LogP contribution in [0.1, 0.15) is 47.3 Å². The number of carbonyl (C=O) groups is 2. The summed E-state index contributed by atoms with van der Waals surface area (Å²) in [4.78, 5) is 26.3. The summed E-state index contributed by atoms with van der Waals surface area (Å²) >= 11 is 0. The van der Waals surface area contributed by atoms with Crippen molar-refractivity contribution in [3.63, 3.8) is 0 Å². The molecule has 0 saturated heterocycles. The van der Waals surface area contributed by atoms with Gasteiger partial charge in [-0.3, -0.25) is 9.59 Å². The quantitative estimate of drug-likeness (QED) is 0.608. The van der Waals surface area contributed by atoms with Crippen LogP contribution in [0.2, 0.25) is 0 Å². The van der Waals surface area contributed by atoms with E-state index >= 15 is 0 Å². The van der Waals surface area contributed by atoms with Gasteiger partial charge in [-0.2, -0.15) is 0 Å². The van der Waals surface area contributed by atoms with E-state index in [4.69, 9.17) is 0 Å². The van der Waals surface area contributed by atoms with Gasteiger partial charge in [-0.1, -0.05) is 12.5 Å². The number of esters is 1. The Balaban J connectivity index is 1.82. The number of amides is 1. The zero-order chi connectivity index (χ0) is 16.8. The molecule has 5 nitrogen and oxygen atoms in total. The normalized spacial score (nSPS) is 10.7. The number of aryl methyl sites for hydroxylation is 2. The third kappa shape index (κ3) is 4.58. The molecule has 0 aliphatic heterocycles. The predicted molar refractivity (Wildman–Crippen MR) is 90.6 cm³/mol. The molecular formula is C18H24N2O3. The molecule has 1 aromatic carbocycles. The number of hydrogen-bond acceptors (Lipinski definition) is 3. The number of benzene rings is 1. The summed E-state index contributed by atoms with van der Waals surface area (Å²) < 4.78 is 4.59. The molecule has 0 spiro atoms. The Hall–Kier alpha value is -2.30. The lowest BCUT2D eigenvalue weighted by molar-refractivity contribution is -0.140. The van der Waals surface area contributed by atoms with Gasteiger partial charge in [0.15, 0.2) is 0 Å². The average molecular weight is 316 g/mol. The minimum Gasteiger partial charge on any atom is -0.469 e. The zero-order valence-electron chi connectivity index (χ0n) is 14.0. The lowest BCUT2D eigenvalue weighted by atomic mass is 10.1. The predicted octanol–water partition coefficient (Wildman–Crippen LogP) is 3.25. The van der Waals surface area contributed by atoms with Crippen LogP contribution in [0, 0.1) is 13.8 Å². The van der Waals surface area contributed by atoms with Crippen molar-refractivity contribution >= 4 is 22.8 Å². The fourth-order valence-electron chi connectivity index (χ4n) is 2.69. The SMILES string of the molecule is COC(=O)CCCCCNC(=O)c1cc2c(C)cc(C)cc2[nH]1. The van der Waals surface area contributed by atoms with E-state index in [2.05, 4.69) is 21.1 Å². The number of carbonyl (C=O) groups excluding carboxylic acids is 2. The molecule has 0 saturated carbocycles. The minimum atomic E-state index is -0.183. The number of hydrogen-bond donors (Lipinski definition) is 2. The summed E-state index contributed by atoms with van der Waals surface area (Å²) in [5, 5.41) is 3.99. The molecule has 0 radical (unpaired) electrons. The Morgan fingerprint density at radius 3 is 2.65 bits per heavy atom. The monoisotopic (exact) mass is 316 g/mol. The van der Waals surface area contributed by atoms with Gasteiger partial charge >= 0.3 is 5.97 Å². The van der Waals surface area contributed by atoms with Gasteiger partial charge in [-0.15, -0.1) is 0 Å². The molecule has 0 aliphatic rings. The Kier molecular flexibility index (Phi) is 5.79. The first-order valence-corrected chi connectivity index (χ1v) is 7.96. The van der Waals surface area contributed by atoms with E-state index in [0.29, 0.717) is 18.7 Å². The van der Waals surface area contributed by atoms with Crippen molar-refractivity contribution in [3.05, 3.63) is 35.0 Å². The molecule has 0 unspecified atom stereocenters. The van der Waals surface area contributed by atoms with Crippen LogP contribution in [0.3, 0.4) is 0 Å². The van der Waals surface area contributed by atoms with Crippen LogP contribution in [-0.2, 0) is 9.53 Å². The van der Waals surface area contributed by atoms with Crippen LogP contribution in [0.15, 0.2) is 18.2 Å². The first kappa shape index (κ1) is 17.1. The summed E-state index contributed by atoms with van der Waals surface area (Å²) in [6.07, 6.45) is 2.96. The smallest absolute Gasteiger partial charge is 0.305 e. The molecule has 2 rings (SSSR count). The van der Waals surface area contributed by atoms with Crippen molar-refractivity contribution in [2.45, 2.75) is 39.5 Å². The van der Waals surface area contributed by atoms with E-state index in [9.17, 15) is 9.59 Å². The summed E-state index contributed by atoms with van der Waals surface area (Å²) in [5.74, 6) is -0.274. The number of aromatic amines is 1. The summed E-state index contributed by atoms with van der Waals surface area (Å²) in [6, 6.07) is 6.06. The van der Waals surface area contributed by atoms with Crippen molar-refractivity contribution in [1.82, 2.24) is 10.3 Å². The van der Waals surface area contributed by atoms with Gasteiger partial charge in [0, 0.05) is 23.9 Å². The fraction of sp³-hybridized carbons (Fsp3) is 0.444. The third-order valence-electron chi connectivity index (χ3n) is 3.90. The summed E-state index contributed by atoms with van der Waals surface area (Å²) in [7, 11) is 1.39. The first-order chi connectivity index (χ1) is 11.0. The Bertz CT molecular complexity index is 704. The Morgan fingerprint density at radius 2 is 1.91 bits per heavy atom. The van der Waals surface area contributed by atoms with Crippen molar-refractivity contribution in [2.75, 3.05) is 13.7 Å². The maximum absolute atomic E-state index is 12.2.